The lowest BCUT2D eigenvalue weighted by atomic mass is 10.1. The Bertz CT molecular complexity index is 1340. The molecule has 3 aromatic rings. The number of rotatable bonds is 9. The molecule has 2 fully saturated rings. The Hall–Kier alpha value is -4.01. The summed E-state index contributed by atoms with van der Waals surface area (Å²) in [4.78, 5) is 13.0. The number of hydrogen-bond donors (Lipinski definition) is 1. The van der Waals surface area contributed by atoms with E-state index in [1.165, 1.54) is 0 Å². The molecule has 5 rings (SSSR count). The number of nitrogens with one attached hydrogen (secondary N) is 1. The van der Waals surface area contributed by atoms with Crippen LogP contribution in [0, 0.1) is 11.3 Å². The number of nitrogens with zero attached hydrogens (tertiary/aromatic N) is 5. The summed E-state index contributed by atoms with van der Waals surface area (Å²) in [6.45, 7) is 3.58. The van der Waals surface area contributed by atoms with E-state index in [0.29, 0.717) is 73.7 Å². The van der Waals surface area contributed by atoms with E-state index in [-0.39, 0.29) is 12.6 Å². The van der Waals surface area contributed by atoms with Gasteiger partial charge >= 0.3 is 0 Å². The molecule has 0 bridgehead atoms. The van der Waals surface area contributed by atoms with Gasteiger partial charge in [0.2, 0.25) is 0 Å². The first kappa shape index (κ1) is 27.6. The van der Waals surface area contributed by atoms with Gasteiger partial charge in [0, 0.05) is 62.5 Å². The first-order valence-corrected chi connectivity index (χ1v) is 13.3. The van der Waals surface area contributed by atoms with Gasteiger partial charge < -0.3 is 24.4 Å². The van der Waals surface area contributed by atoms with Gasteiger partial charge in [-0.1, -0.05) is 0 Å². The van der Waals surface area contributed by atoms with E-state index in [9.17, 15) is 14.0 Å². The fourth-order valence-corrected chi connectivity index (χ4v) is 4.93. The van der Waals surface area contributed by atoms with Gasteiger partial charge in [-0.2, -0.15) is 5.26 Å². The van der Waals surface area contributed by atoms with Crippen LogP contribution in [-0.2, 0) is 4.74 Å². The number of benzene rings is 2. The second-order valence-electron chi connectivity index (χ2n) is 9.71. The molecule has 2 aliphatic rings. The van der Waals surface area contributed by atoms with Gasteiger partial charge in [-0.15, -0.1) is 0 Å². The Morgan fingerprint density at radius 2 is 1.88 bits per heavy atom. The molecule has 1 N–H and O–H groups in total. The number of nitriles is 1. The monoisotopic (exact) mass is 550 g/mol. The number of piperazine rings is 1. The quantitative estimate of drug-likeness (QED) is 0.406. The minimum atomic E-state index is -2.32. The third-order valence-electron chi connectivity index (χ3n) is 7.04. The molecule has 2 aliphatic heterocycles. The van der Waals surface area contributed by atoms with Crippen molar-refractivity contribution in [3.8, 4) is 29.0 Å². The molecule has 1 aromatic heterocycles. The molecule has 0 saturated carbocycles. The summed E-state index contributed by atoms with van der Waals surface area (Å²) in [5.41, 5.74) is 2.83. The normalized spacial score (nSPS) is 16.5. The molecule has 0 atom stereocenters. The summed E-state index contributed by atoms with van der Waals surface area (Å²) in [5.74, 6) is 2.29. The number of halogens is 2. The van der Waals surface area contributed by atoms with E-state index in [4.69, 9.17) is 14.2 Å². The second-order valence-corrected chi connectivity index (χ2v) is 9.71. The summed E-state index contributed by atoms with van der Waals surface area (Å²) >= 11 is 0. The Morgan fingerprint density at radius 1 is 1.07 bits per heavy atom. The number of alkyl halides is 2. The van der Waals surface area contributed by atoms with E-state index in [1.54, 1.807) is 36.4 Å². The fraction of sp³-hybridized carbons (Fsp3) is 0.414. The lowest BCUT2D eigenvalue weighted by molar-refractivity contribution is 0.0254. The van der Waals surface area contributed by atoms with Crippen molar-refractivity contribution in [2.45, 2.75) is 25.4 Å². The molecule has 40 heavy (non-hydrogen) atoms. The Labute approximate surface area is 232 Å². The molecular weight excluding hydrogens is 518 g/mol. The lowest BCUT2D eigenvalue weighted by Gasteiger charge is -2.36. The highest BCUT2D eigenvalue weighted by molar-refractivity contribution is 5.69. The van der Waals surface area contributed by atoms with Gasteiger partial charge in [-0.25, -0.2) is 18.7 Å². The molecule has 210 valence electrons. The van der Waals surface area contributed by atoms with Crippen molar-refractivity contribution in [3.05, 3.63) is 54.2 Å². The molecular formula is C29H32F2N6O3. The van der Waals surface area contributed by atoms with Crippen LogP contribution in [0.3, 0.4) is 0 Å². The van der Waals surface area contributed by atoms with Crippen LogP contribution in [0.2, 0.25) is 0 Å². The van der Waals surface area contributed by atoms with Crippen LogP contribution in [0.4, 0.5) is 26.0 Å². The molecule has 11 heteroatoms. The molecule has 2 saturated heterocycles. The number of aromatic nitrogens is 2. The minimum absolute atomic E-state index is 0.0361. The van der Waals surface area contributed by atoms with Crippen LogP contribution in [0.1, 0.15) is 18.4 Å². The molecule has 2 aromatic carbocycles. The van der Waals surface area contributed by atoms with Crippen molar-refractivity contribution in [3.63, 3.8) is 0 Å². The van der Waals surface area contributed by atoms with Crippen molar-refractivity contribution < 1.29 is 23.0 Å². The third kappa shape index (κ3) is 6.76. The average molecular weight is 551 g/mol. The first-order chi connectivity index (χ1) is 19.5. The van der Waals surface area contributed by atoms with Gasteiger partial charge in [0.05, 0.1) is 38.1 Å². The fourth-order valence-electron chi connectivity index (χ4n) is 4.93. The van der Waals surface area contributed by atoms with E-state index in [0.717, 1.165) is 24.2 Å². The average Bonchev–Trinajstić information content (AvgIpc) is 2.98. The molecule has 0 unspecified atom stereocenters. The van der Waals surface area contributed by atoms with Crippen LogP contribution in [0.15, 0.2) is 48.7 Å². The summed E-state index contributed by atoms with van der Waals surface area (Å²) in [5, 5.41) is 13.0. The SMILES string of the molecule is COc1cc(Nc2ccnc(-c3ccc(OC4CCOCC4)c(C#N)c3)n2)ccc1N1CCN(CC(F)F)CC1. The second kappa shape index (κ2) is 12.9. The number of hydrogen-bond acceptors (Lipinski definition) is 9. The predicted octanol–water partition coefficient (Wildman–Crippen LogP) is 4.71. The van der Waals surface area contributed by atoms with Gasteiger partial charge in [0.1, 0.15) is 29.5 Å². The van der Waals surface area contributed by atoms with Crippen molar-refractivity contribution in [1.82, 2.24) is 14.9 Å². The molecule has 0 amide bonds. The van der Waals surface area contributed by atoms with Crippen LogP contribution in [0.25, 0.3) is 11.4 Å². The van der Waals surface area contributed by atoms with Crippen molar-refractivity contribution in [2.24, 2.45) is 0 Å². The molecule has 0 spiro atoms. The Kier molecular flexibility index (Phi) is 8.88. The lowest BCUT2D eigenvalue weighted by Crippen LogP contribution is -2.47. The summed E-state index contributed by atoms with van der Waals surface area (Å²) in [6, 6.07) is 15.2. The van der Waals surface area contributed by atoms with Gasteiger partial charge in [0.25, 0.3) is 6.43 Å². The van der Waals surface area contributed by atoms with E-state index in [2.05, 4.69) is 26.3 Å². The Morgan fingerprint density at radius 3 is 2.60 bits per heavy atom. The number of methoxy groups -OCH3 is 1. The van der Waals surface area contributed by atoms with Crippen LogP contribution in [-0.4, -0.2) is 80.4 Å². The largest absolute Gasteiger partial charge is 0.495 e. The number of ether oxygens (including phenoxy) is 3. The zero-order chi connectivity index (χ0) is 27.9. The zero-order valence-electron chi connectivity index (χ0n) is 22.4. The highest BCUT2D eigenvalue weighted by Crippen LogP contribution is 2.33. The summed E-state index contributed by atoms with van der Waals surface area (Å²) in [6.07, 6.45) is 0.972. The minimum Gasteiger partial charge on any atom is -0.495 e. The topological polar surface area (TPSA) is 95.8 Å². The summed E-state index contributed by atoms with van der Waals surface area (Å²) in [7, 11) is 1.61. The molecule has 3 heterocycles. The van der Waals surface area contributed by atoms with Crippen molar-refractivity contribution in [2.75, 3.05) is 63.3 Å². The van der Waals surface area contributed by atoms with Gasteiger partial charge in [-0.3, -0.25) is 4.90 Å². The zero-order valence-corrected chi connectivity index (χ0v) is 22.4. The van der Waals surface area contributed by atoms with E-state index < -0.39 is 6.43 Å². The Balaban J connectivity index is 1.28. The van der Waals surface area contributed by atoms with E-state index in [1.807, 2.05) is 24.3 Å². The molecule has 9 nitrogen and oxygen atoms in total. The van der Waals surface area contributed by atoms with E-state index >= 15 is 0 Å². The maximum Gasteiger partial charge on any atom is 0.251 e. The van der Waals surface area contributed by atoms with Crippen molar-refractivity contribution in [1.29, 1.82) is 5.26 Å². The maximum atomic E-state index is 12.7. The van der Waals surface area contributed by atoms with Crippen LogP contribution in [0.5, 0.6) is 11.5 Å². The molecule has 0 radical (unpaired) electrons. The van der Waals surface area contributed by atoms with Gasteiger partial charge in [0.15, 0.2) is 5.82 Å². The standard InChI is InChI=1S/C29H32F2N6O3/c1-38-26-17-22(3-4-24(26)37-12-10-36(11-13-37)19-27(30)31)34-28-6-9-33-29(35-28)20-2-5-25(21(16-20)18-32)40-23-7-14-39-15-8-23/h2-6,9,16-17,23,27H,7-8,10-15,19H2,1H3,(H,33,34,35). The highest BCUT2D eigenvalue weighted by atomic mass is 19.3. The maximum absolute atomic E-state index is 12.7. The summed E-state index contributed by atoms with van der Waals surface area (Å²) < 4.78 is 42.5. The van der Waals surface area contributed by atoms with Crippen LogP contribution >= 0.6 is 0 Å². The van der Waals surface area contributed by atoms with Crippen LogP contribution < -0.4 is 19.7 Å². The van der Waals surface area contributed by atoms with Gasteiger partial charge in [-0.05, 0) is 36.4 Å². The first-order valence-electron chi connectivity index (χ1n) is 13.3. The predicted molar refractivity (Wildman–Crippen MR) is 148 cm³/mol. The molecule has 0 aliphatic carbocycles. The smallest absolute Gasteiger partial charge is 0.251 e. The highest BCUT2D eigenvalue weighted by Gasteiger charge is 2.22. The third-order valence-corrected chi connectivity index (χ3v) is 7.04. The van der Waals surface area contributed by atoms with Crippen molar-refractivity contribution >= 4 is 17.2 Å². The number of anilines is 3.